The van der Waals surface area contributed by atoms with Gasteiger partial charge >= 0.3 is 0 Å². The Kier molecular flexibility index (Phi) is 4.95. The second-order valence-corrected chi connectivity index (χ2v) is 5.63. The van der Waals surface area contributed by atoms with E-state index < -0.39 is 5.91 Å². The minimum atomic E-state index is -0.528. The predicted octanol–water partition coefficient (Wildman–Crippen LogP) is 3.62. The van der Waals surface area contributed by atoms with Crippen LogP contribution < -0.4 is 11.1 Å². The predicted molar refractivity (Wildman–Crippen MR) is 96.1 cm³/mol. The molecular formula is C20H18N2O3. The smallest absolute Gasteiger partial charge is 0.248 e. The number of primary amides is 1. The van der Waals surface area contributed by atoms with Crippen LogP contribution in [-0.4, -0.2) is 11.8 Å². The van der Waals surface area contributed by atoms with Gasteiger partial charge in [0.15, 0.2) is 0 Å². The molecule has 0 unspecified atom stereocenters. The first-order valence-corrected chi connectivity index (χ1v) is 7.96. The fourth-order valence-electron chi connectivity index (χ4n) is 2.48. The van der Waals surface area contributed by atoms with E-state index in [9.17, 15) is 9.59 Å². The maximum absolute atomic E-state index is 12.1. The molecule has 0 aliphatic rings. The third-order valence-corrected chi connectivity index (χ3v) is 3.75. The largest absolute Gasteiger partial charge is 0.461 e. The summed E-state index contributed by atoms with van der Waals surface area (Å²) in [6.45, 7) is 0. The third kappa shape index (κ3) is 4.35. The lowest BCUT2D eigenvalue weighted by molar-refractivity contribution is -0.116. The summed E-state index contributed by atoms with van der Waals surface area (Å²) in [5.41, 5.74) is 7.14. The van der Waals surface area contributed by atoms with Crippen LogP contribution in [0.5, 0.6) is 0 Å². The molecule has 1 aromatic heterocycles. The van der Waals surface area contributed by atoms with Crippen molar-refractivity contribution < 1.29 is 14.0 Å². The highest BCUT2D eigenvalue weighted by Gasteiger charge is 2.09. The van der Waals surface area contributed by atoms with Crippen molar-refractivity contribution in [1.82, 2.24) is 0 Å². The molecule has 3 N–H and O–H groups in total. The molecule has 0 atom stereocenters. The van der Waals surface area contributed by atoms with Gasteiger partial charge in [-0.25, -0.2) is 0 Å². The van der Waals surface area contributed by atoms with Crippen molar-refractivity contribution in [3.8, 4) is 11.3 Å². The lowest BCUT2D eigenvalue weighted by Gasteiger charge is -2.05. The standard InChI is InChI=1S/C20H18N2O3/c21-20(24)15-7-4-8-16(13-15)22-19(23)12-10-17-9-11-18(25-17)14-5-2-1-3-6-14/h1-9,11,13H,10,12H2,(H2,21,24)(H,22,23). The van der Waals surface area contributed by atoms with Gasteiger partial charge in [-0.15, -0.1) is 0 Å². The molecule has 3 aromatic rings. The van der Waals surface area contributed by atoms with E-state index in [-0.39, 0.29) is 12.3 Å². The number of hydrogen-bond donors (Lipinski definition) is 2. The van der Waals surface area contributed by atoms with Gasteiger partial charge in [0.25, 0.3) is 0 Å². The minimum absolute atomic E-state index is 0.153. The van der Waals surface area contributed by atoms with E-state index in [0.29, 0.717) is 17.7 Å². The van der Waals surface area contributed by atoms with E-state index in [2.05, 4.69) is 5.32 Å². The van der Waals surface area contributed by atoms with Crippen molar-refractivity contribution in [3.63, 3.8) is 0 Å². The molecule has 5 nitrogen and oxygen atoms in total. The van der Waals surface area contributed by atoms with E-state index in [1.165, 1.54) is 0 Å². The average molecular weight is 334 g/mol. The molecule has 3 rings (SSSR count). The number of benzene rings is 2. The van der Waals surface area contributed by atoms with Crippen LogP contribution in [0.15, 0.2) is 71.1 Å². The summed E-state index contributed by atoms with van der Waals surface area (Å²) in [5.74, 6) is 0.851. The number of nitrogens with two attached hydrogens (primary N) is 1. The van der Waals surface area contributed by atoms with E-state index >= 15 is 0 Å². The molecular weight excluding hydrogens is 316 g/mol. The summed E-state index contributed by atoms with van der Waals surface area (Å²) >= 11 is 0. The van der Waals surface area contributed by atoms with E-state index in [0.717, 1.165) is 17.1 Å². The third-order valence-electron chi connectivity index (χ3n) is 3.75. The fraction of sp³-hybridized carbons (Fsp3) is 0.100. The molecule has 2 amide bonds. The summed E-state index contributed by atoms with van der Waals surface area (Å²) in [5, 5.41) is 2.76. The molecule has 126 valence electrons. The Bertz CT molecular complexity index is 885. The first-order chi connectivity index (χ1) is 12.1. The SMILES string of the molecule is NC(=O)c1cccc(NC(=O)CCc2ccc(-c3ccccc3)o2)c1. The normalized spacial score (nSPS) is 10.4. The van der Waals surface area contributed by atoms with Crippen molar-refractivity contribution in [2.75, 3.05) is 5.32 Å². The maximum Gasteiger partial charge on any atom is 0.248 e. The van der Waals surface area contributed by atoms with Gasteiger partial charge in [-0.05, 0) is 30.3 Å². The Morgan fingerprint density at radius 1 is 0.960 bits per heavy atom. The molecule has 0 fully saturated rings. The van der Waals surface area contributed by atoms with Crippen LogP contribution in [-0.2, 0) is 11.2 Å². The quantitative estimate of drug-likeness (QED) is 0.722. The number of rotatable bonds is 6. The molecule has 5 heteroatoms. The van der Waals surface area contributed by atoms with Gasteiger partial charge in [0.05, 0.1) is 0 Å². The van der Waals surface area contributed by atoms with Crippen LogP contribution >= 0.6 is 0 Å². The van der Waals surface area contributed by atoms with Crippen molar-refractivity contribution in [1.29, 1.82) is 0 Å². The lowest BCUT2D eigenvalue weighted by atomic mass is 10.2. The summed E-state index contributed by atoms with van der Waals surface area (Å²) in [4.78, 5) is 23.2. The molecule has 0 saturated carbocycles. The van der Waals surface area contributed by atoms with Crippen LogP contribution in [0.25, 0.3) is 11.3 Å². The summed E-state index contributed by atoms with van der Waals surface area (Å²) in [6, 6.07) is 20.1. The van der Waals surface area contributed by atoms with Crippen molar-refractivity contribution in [2.24, 2.45) is 5.73 Å². The molecule has 0 radical (unpaired) electrons. The van der Waals surface area contributed by atoms with E-state index in [1.54, 1.807) is 24.3 Å². The molecule has 0 aliphatic heterocycles. The second kappa shape index (κ2) is 7.49. The maximum atomic E-state index is 12.1. The number of aryl methyl sites for hydroxylation is 1. The highest BCUT2D eigenvalue weighted by atomic mass is 16.3. The highest BCUT2D eigenvalue weighted by molar-refractivity contribution is 5.96. The van der Waals surface area contributed by atoms with Crippen molar-refractivity contribution >= 4 is 17.5 Å². The van der Waals surface area contributed by atoms with E-state index in [1.807, 2.05) is 42.5 Å². The van der Waals surface area contributed by atoms with Crippen LogP contribution in [0.4, 0.5) is 5.69 Å². The number of nitrogens with one attached hydrogen (secondary N) is 1. The fourth-order valence-corrected chi connectivity index (χ4v) is 2.48. The summed E-state index contributed by atoms with van der Waals surface area (Å²) in [6.07, 6.45) is 0.775. The zero-order chi connectivity index (χ0) is 17.6. The zero-order valence-electron chi connectivity index (χ0n) is 13.6. The summed E-state index contributed by atoms with van der Waals surface area (Å²) < 4.78 is 5.78. The van der Waals surface area contributed by atoms with Gasteiger partial charge in [-0.3, -0.25) is 9.59 Å². The Balaban J connectivity index is 1.57. The van der Waals surface area contributed by atoms with E-state index in [4.69, 9.17) is 10.2 Å². The van der Waals surface area contributed by atoms with Crippen LogP contribution in [0, 0.1) is 0 Å². The Morgan fingerprint density at radius 2 is 1.76 bits per heavy atom. The summed E-state index contributed by atoms with van der Waals surface area (Å²) in [7, 11) is 0. The Morgan fingerprint density at radius 3 is 2.52 bits per heavy atom. The van der Waals surface area contributed by atoms with Crippen LogP contribution in [0.1, 0.15) is 22.5 Å². The van der Waals surface area contributed by atoms with Gasteiger partial charge in [-0.2, -0.15) is 0 Å². The first-order valence-electron chi connectivity index (χ1n) is 7.96. The first kappa shape index (κ1) is 16.5. The second-order valence-electron chi connectivity index (χ2n) is 5.63. The van der Waals surface area contributed by atoms with Crippen LogP contribution in [0.2, 0.25) is 0 Å². The monoisotopic (exact) mass is 334 g/mol. The average Bonchev–Trinajstić information content (AvgIpc) is 3.10. The van der Waals surface area contributed by atoms with Gasteiger partial charge in [-0.1, -0.05) is 36.4 Å². The molecule has 0 saturated heterocycles. The molecule has 0 aliphatic carbocycles. The Hall–Kier alpha value is -3.34. The van der Waals surface area contributed by atoms with Crippen molar-refractivity contribution in [3.05, 3.63) is 78.1 Å². The molecule has 25 heavy (non-hydrogen) atoms. The number of hydrogen-bond acceptors (Lipinski definition) is 3. The molecule has 0 bridgehead atoms. The lowest BCUT2D eigenvalue weighted by Crippen LogP contribution is -2.14. The zero-order valence-corrected chi connectivity index (χ0v) is 13.6. The topological polar surface area (TPSA) is 85.3 Å². The number of anilines is 1. The van der Waals surface area contributed by atoms with Gasteiger partial charge in [0.2, 0.25) is 11.8 Å². The molecule has 1 heterocycles. The van der Waals surface area contributed by atoms with Crippen molar-refractivity contribution in [2.45, 2.75) is 12.8 Å². The van der Waals surface area contributed by atoms with Crippen LogP contribution in [0.3, 0.4) is 0 Å². The molecule has 0 spiro atoms. The van der Waals surface area contributed by atoms with Gasteiger partial charge in [0, 0.05) is 29.7 Å². The Labute approximate surface area is 145 Å². The van der Waals surface area contributed by atoms with Gasteiger partial charge < -0.3 is 15.5 Å². The number of amides is 2. The minimum Gasteiger partial charge on any atom is -0.461 e. The molecule has 2 aromatic carbocycles. The number of carbonyl (C=O) groups excluding carboxylic acids is 2. The highest BCUT2D eigenvalue weighted by Crippen LogP contribution is 2.22. The number of carbonyl (C=O) groups is 2. The van der Waals surface area contributed by atoms with Gasteiger partial charge in [0.1, 0.15) is 11.5 Å². The number of furan rings is 1.